The molecule has 8 heteroatoms. The molecule has 0 aromatic heterocycles. The third-order valence-electron chi connectivity index (χ3n) is 4.14. The molecule has 0 aliphatic heterocycles. The van der Waals surface area contributed by atoms with Gasteiger partial charge in [0.1, 0.15) is 11.6 Å². The molecule has 0 spiro atoms. The third-order valence-corrected chi connectivity index (χ3v) is 4.73. The highest BCUT2D eigenvalue weighted by molar-refractivity contribution is 9.10. The van der Waals surface area contributed by atoms with Crippen molar-refractivity contribution in [3.8, 4) is 17.6 Å². The summed E-state index contributed by atoms with van der Waals surface area (Å²) in [5.74, 6) is -0.394. The summed E-state index contributed by atoms with van der Waals surface area (Å²) in [5.41, 5.74) is 1.41. The Labute approximate surface area is 183 Å². The Kier molecular flexibility index (Phi) is 8.44. The molecule has 1 unspecified atom stereocenters. The Bertz CT molecular complexity index is 983. The van der Waals surface area contributed by atoms with Gasteiger partial charge in [-0.1, -0.05) is 30.3 Å². The van der Waals surface area contributed by atoms with Gasteiger partial charge in [-0.2, -0.15) is 5.26 Å². The van der Waals surface area contributed by atoms with Crippen molar-refractivity contribution in [2.45, 2.75) is 13.0 Å². The average Bonchev–Trinajstić information content (AvgIpc) is 2.76. The fraction of sp³-hybridized carbons (Fsp3) is 0.227. The molecule has 0 aliphatic rings. The molecule has 0 saturated heterocycles. The highest BCUT2D eigenvalue weighted by Crippen LogP contribution is 2.37. The van der Waals surface area contributed by atoms with Crippen LogP contribution in [0.15, 0.2) is 52.5 Å². The molecule has 1 amide bonds. The summed E-state index contributed by atoms with van der Waals surface area (Å²) in [4.78, 5) is 23.9. The summed E-state index contributed by atoms with van der Waals surface area (Å²) in [6, 6.07) is 14.4. The zero-order valence-electron chi connectivity index (χ0n) is 16.8. The molecule has 2 rings (SSSR count). The van der Waals surface area contributed by atoms with Gasteiger partial charge in [-0.3, -0.25) is 4.79 Å². The maximum absolute atomic E-state index is 12.6. The quantitative estimate of drug-likeness (QED) is 0.356. The third kappa shape index (κ3) is 6.09. The van der Waals surface area contributed by atoms with Gasteiger partial charge in [0.2, 0.25) is 0 Å². The molecule has 0 bridgehead atoms. The molecule has 1 N–H and O–H groups in total. The average molecular weight is 473 g/mol. The zero-order valence-corrected chi connectivity index (χ0v) is 18.4. The lowest BCUT2D eigenvalue weighted by molar-refractivity contribution is -0.143. The number of nitriles is 1. The van der Waals surface area contributed by atoms with Crippen LogP contribution in [0.25, 0.3) is 6.08 Å². The molecule has 0 aliphatic carbocycles. The summed E-state index contributed by atoms with van der Waals surface area (Å²) in [6.45, 7) is 1.55. The lowest BCUT2D eigenvalue weighted by atomic mass is 10.1. The lowest BCUT2D eigenvalue weighted by Crippen LogP contribution is -2.27. The fourth-order valence-corrected chi connectivity index (χ4v) is 3.14. The second kappa shape index (κ2) is 11.0. The van der Waals surface area contributed by atoms with E-state index in [0.717, 1.165) is 5.56 Å². The molecule has 1 atom stereocenters. The van der Waals surface area contributed by atoms with E-state index in [4.69, 9.17) is 9.47 Å². The van der Waals surface area contributed by atoms with Crippen LogP contribution in [0.2, 0.25) is 0 Å². The number of amides is 1. The Morgan fingerprint density at radius 2 is 1.93 bits per heavy atom. The second-order valence-corrected chi connectivity index (χ2v) is 7.03. The summed E-state index contributed by atoms with van der Waals surface area (Å²) < 4.78 is 15.8. The van der Waals surface area contributed by atoms with Crippen molar-refractivity contribution >= 4 is 33.9 Å². The first kappa shape index (κ1) is 23.0. The fourth-order valence-electron chi connectivity index (χ4n) is 2.57. The van der Waals surface area contributed by atoms with Crippen LogP contribution in [-0.2, 0) is 14.3 Å². The predicted octanol–water partition coefficient (Wildman–Crippen LogP) is 3.79. The van der Waals surface area contributed by atoms with Crippen molar-refractivity contribution in [3.63, 3.8) is 0 Å². The minimum Gasteiger partial charge on any atom is -0.493 e. The molecule has 0 fully saturated rings. The van der Waals surface area contributed by atoms with Gasteiger partial charge in [0.05, 0.1) is 24.7 Å². The Morgan fingerprint density at radius 3 is 2.53 bits per heavy atom. The van der Waals surface area contributed by atoms with Crippen LogP contribution in [0.3, 0.4) is 0 Å². The van der Waals surface area contributed by atoms with Crippen molar-refractivity contribution in [3.05, 3.63) is 63.6 Å². The maximum Gasteiger partial charge on any atom is 0.343 e. The van der Waals surface area contributed by atoms with Crippen LogP contribution in [0.4, 0.5) is 0 Å². The van der Waals surface area contributed by atoms with Crippen LogP contribution in [0.5, 0.6) is 11.5 Å². The number of hydrogen-bond donors (Lipinski definition) is 1. The van der Waals surface area contributed by atoms with E-state index < -0.39 is 11.9 Å². The van der Waals surface area contributed by atoms with Crippen molar-refractivity contribution < 1.29 is 23.8 Å². The highest BCUT2D eigenvalue weighted by Gasteiger charge is 2.16. The van der Waals surface area contributed by atoms with Gasteiger partial charge >= 0.3 is 5.97 Å². The number of benzene rings is 2. The molecule has 2 aromatic carbocycles. The smallest absolute Gasteiger partial charge is 0.343 e. The van der Waals surface area contributed by atoms with Gasteiger partial charge in [0.25, 0.3) is 5.91 Å². The van der Waals surface area contributed by atoms with E-state index in [1.807, 2.05) is 43.3 Å². The summed E-state index contributed by atoms with van der Waals surface area (Å²) >= 11 is 3.36. The number of nitrogens with one attached hydrogen (secondary N) is 1. The number of rotatable bonds is 8. The molecule has 0 heterocycles. The minimum absolute atomic E-state index is 0.0602. The van der Waals surface area contributed by atoms with Crippen LogP contribution in [0, 0.1) is 11.3 Å². The number of ether oxygens (including phenoxy) is 3. The number of halogens is 1. The van der Waals surface area contributed by atoms with Crippen LogP contribution in [-0.4, -0.2) is 32.7 Å². The predicted molar refractivity (Wildman–Crippen MR) is 115 cm³/mol. The Hall–Kier alpha value is -3.31. The van der Waals surface area contributed by atoms with E-state index in [9.17, 15) is 14.9 Å². The lowest BCUT2D eigenvalue weighted by Gasteiger charge is -2.14. The molecular weight excluding hydrogens is 452 g/mol. The maximum atomic E-state index is 12.6. The van der Waals surface area contributed by atoms with Crippen LogP contribution < -0.4 is 14.8 Å². The molecule has 2 aromatic rings. The second-order valence-electron chi connectivity index (χ2n) is 6.17. The van der Waals surface area contributed by atoms with E-state index in [0.29, 0.717) is 21.5 Å². The highest BCUT2D eigenvalue weighted by atomic mass is 79.9. The topological polar surface area (TPSA) is 97.7 Å². The molecule has 0 saturated carbocycles. The van der Waals surface area contributed by atoms with Crippen molar-refractivity contribution in [1.29, 1.82) is 5.26 Å². The zero-order chi connectivity index (χ0) is 22.1. The first-order valence-corrected chi connectivity index (χ1v) is 9.73. The number of carbonyl (C=O) groups excluding carboxylic acids is 2. The number of carbonyl (C=O) groups is 2. The van der Waals surface area contributed by atoms with Gasteiger partial charge in [0, 0.05) is 0 Å². The van der Waals surface area contributed by atoms with Crippen LogP contribution in [0.1, 0.15) is 24.1 Å². The molecule has 0 radical (unpaired) electrons. The molecular formula is C22H21BrN2O5. The number of methoxy groups -OCH3 is 2. The first-order valence-electron chi connectivity index (χ1n) is 8.94. The number of esters is 1. The van der Waals surface area contributed by atoms with E-state index in [2.05, 4.69) is 26.0 Å². The van der Waals surface area contributed by atoms with Crippen molar-refractivity contribution in [2.24, 2.45) is 0 Å². The standard InChI is InChI=1S/C22H21BrN2O5/c1-14(16-7-5-4-6-8-16)25-22(27)17(12-24)9-15-10-18(23)21(19(11-15)28-2)30-13-20(26)29-3/h4-11,14H,13H2,1-3H3,(H,25,27)/b17-9+. The Balaban J connectivity index is 2.24. The van der Waals surface area contributed by atoms with Gasteiger partial charge in [-0.05, 0) is 52.2 Å². The SMILES string of the molecule is COC(=O)COc1c(Br)cc(/C=C(\C#N)C(=O)NC(C)c2ccccc2)cc1OC. The van der Waals surface area contributed by atoms with E-state index in [1.54, 1.807) is 12.1 Å². The normalized spacial score (nSPS) is 11.8. The van der Waals surface area contributed by atoms with Gasteiger partial charge in [-0.25, -0.2) is 4.79 Å². The molecule has 30 heavy (non-hydrogen) atoms. The first-order chi connectivity index (χ1) is 14.4. The number of nitrogens with zero attached hydrogens (tertiary/aromatic N) is 1. The van der Waals surface area contributed by atoms with E-state index >= 15 is 0 Å². The van der Waals surface area contributed by atoms with Gasteiger partial charge in [0.15, 0.2) is 18.1 Å². The number of hydrogen-bond acceptors (Lipinski definition) is 6. The monoisotopic (exact) mass is 472 g/mol. The van der Waals surface area contributed by atoms with Crippen LogP contribution >= 0.6 is 15.9 Å². The van der Waals surface area contributed by atoms with Gasteiger partial charge in [-0.15, -0.1) is 0 Å². The molecule has 156 valence electrons. The van der Waals surface area contributed by atoms with E-state index in [-0.39, 0.29) is 18.2 Å². The minimum atomic E-state index is -0.538. The van der Waals surface area contributed by atoms with E-state index in [1.165, 1.54) is 20.3 Å². The van der Waals surface area contributed by atoms with Gasteiger partial charge < -0.3 is 19.5 Å². The summed E-state index contributed by atoms with van der Waals surface area (Å²) in [7, 11) is 2.71. The summed E-state index contributed by atoms with van der Waals surface area (Å²) in [5, 5.41) is 12.3. The van der Waals surface area contributed by atoms with Crippen molar-refractivity contribution in [1.82, 2.24) is 5.32 Å². The largest absolute Gasteiger partial charge is 0.493 e. The van der Waals surface area contributed by atoms with Crippen molar-refractivity contribution in [2.75, 3.05) is 20.8 Å². The molecule has 7 nitrogen and oxygen atoms in total. The Morgan fingerprint density at radius 1 is 1.23 bits per heavy atom. The summed E-state index contributed by atoms with van der Waals surface area (Å²) in [6.07, 6.45) is 1.45.